The van der Waals surface area contributed by atoms with Gasteiger partial charge in [0.25, 0.3) is 0 Å². The van der Waals surface area contributed by atoms with Gasteiger partial charge in [0.15, 0.2) is 0 Å². The molecule has 1 aliphatic carbocycles. The van der Waals surface area contributed by atoms with Crippen LogP contribution in [0.3, 0.4) is 0 Å². The van der Waals surface area contributed by atoms with Gasteiger partial charge in [0.2, 0.25) is 0 Å². The largest absolute Gasteiger partial charge is 0.491 e. The third-order valence-corrected chi connectivity index (χ3v) is 4.39. The molecular formula is C18H29NO2. The van der Waals surface area contributed by atoms with E-state index in [4.69, 9.17) is 9.47 Å². The van der Waals surface area contributed by atoms with Crippen LogP contribution in [0.25, 0.3) is 0 Å². The summed E-state index contributed by atoms with van der Waals surface area (Å²) >= 11 is 0. The van der Waals surface area contributed by atoms with Crippen molar-refractivity contribution in [1.82, 2.24) is 5.32 Å². The number of hydrogen-bond donors (Lipinski definition) is 1. The Morgan fingerprint density at radius 2 is 1.86 bits per heavy atom. The van der Waals surface area contributed by atoms with Crippen molar-refractivity contribution in [3.05, 3.63) is 30.3 Å². The molecule has 0 bridgehead atoms. The summed E-state index contributed by atoms with van der Waals surface area (Å²) in [6.07, 6.45) is 4.86. The zero-order valence-corrected chi connectivity index (χ0v) is 13.4. The summed E-state index contributed by atoms with van der Waals surface area (Å²) in [4.78, 5) is 0. The summed E-state index contributed by atoms with van der Waals surface area (Å²) in [6, 6.07) is 9.95. The maximum absolute atomic E-state index is 6.26. The Hall–Kier alpha value is -1.06. The van der Waals surface area contributed by atoms with E-state index >= 15 is 0 Å². The predicted octanol–water partition coefficient (Wildman–Crippen LogP) is 3.64. The number of hydrogen-bond acceptors (Lipinski definition) is 3. The van der Waals surface area contributed by atoms with Crippen LogP contribution in [-0.2, 0) is 4.74 Å². The summed E-state index contributed by atoms with van der Waals surface area (Å²) in [5.41, 5.74) is 0.0164. The summed E-state index contributed by atoms with van der Waals surface area (Å²) in [6.45, 7) is 7.73. The molecule has 21 heavy (non-hydrogen) atoms. The summed E-state index contributed by atoms with van der Waals surface area (Å²) in [7, 11) is 0. The molecule has 1 fully saturated rings. The molecule has 118 valence electrons. The standard InChI is InChI=1S/C18H29NO2/c1-3-19-15-18(11-9-16(2)10-12-18)21-14-13-20-17-7-5-4-6-8-17/h4-8,16,19H,3,9-15H2,1-2H3. The molecule has 0 aromatic heterocycles. The molecule has 0 saturated heterocycles. The van der Waals surface area contributed by atoms with Crippen LogP contribution >= 0.6 is 0 Å². The van der Waals surface area contributed by atoms with E-state index in [1.54, 1.807) is 0 Å². The summed E-state index contributed by atoms with van der Waals surface area (Å²) in [5.74, 6) is 1.75. The molecule has 3 nitrogen and oxygen atoms in total. The van der Waals surface area contributed by atoms with Crippen molar-refractivity contribution in [2.75, 3.05) is 26.3 Å². The molecule has 1 aromatic rings. The minimum Gasteiger partial charge on any atom is -0.491 e. The molecule has 0 amide bonds. The van der Waals surface area contributed by atoms with E-state index in [9.17, 15) is 0 Å². The van der Waals surface area contributed by atoms with Crippen molar-refractivity contribution in [2.45, 2.75) is 45.1 Å². The monoisotopic (exact) mass is 291 g/mol. The van der Waals surface area contributed by atoms with Gasteiger partial charge in [-0.3, -0.25) is 0 Å². The number of para-hydroxylation sites is 1. The van der Waals surface area contributed by atoms with Crippen LogP contribution in [0.15, 0.2) is 30.3 Å². The lowest BCUT2D eigenvalue weighted by atomic mass is 9.79. The van der Waals surface area contributed by atoms with Crippen molar-refractivity contribution < 1.29 is 9.47 Å². The normalized spacial score (nSPS) is 25.7. The molecule has 0 heterocycles. The van der Waals surface area contributed by atoms with E-state index in [1.165, 1.54) is 12.8 Å². The zero-order valence-electron chi connectivity index (χ0n) is 13.4. The lowest BCUT2D eigenvalue weighted by molar-refractivity contribution is -0.0822. The van der Waals surface area contributed by atoms with E-state index in [0.29, 0.717) is 13.2 Å². The van der Waals surface area contributed by atoms with Crippen molar-refractivity contribution in [1.29, 1.82) is 0 Å². The van der Waals surface area contributed by atoms with Crippen LogP contribution in [0.5, 0.6) is 5.75 Å². The van der Waals surface area contributed by atoms with Crippen molar-refractivity contribution in [3.8, 4) is 5.75 Å². The summed E-state index contributed by atoms with van der Waals surface area (Å²) < 4.78 is 12.0. The SMILES string of the molecule is CCNCC1(OCCOc2ccccc2)CCC(C)CC1. The molecular weight excluding hydrogens is 262 g/mol. The van der Waals surface area contributed by atoms with E-state index in [2.05, 4.69) is 19.2 Å². The van der Waals surface area contributed by atoms with Gasteiger partial charge in [-0.05, 0) is 50.3 Å². The summed E-state index contributed by atoms with van der Waals surface area (Å²) in [5, 5.41) is 3.47. The highest BCUT2D eigenvalue weighted by Crippen LogP contribution is 2.34. The van der Waals surface area contributed by atoms with Gasteiger partial charge in [0, 0.05) is 6.54 Å². The molecule has 1 aromatic carbocycles. The third kappa shape index (κ3) is 5.33. The Kier molecular flexibility index (Phi) is 6.52. The molecule has 0 spiro atoms. The van der Waals surface area contributed by atoms with Gasteiger partial charge in [-0.15, -0.1) is 0 Å². The smallest absolute Gasteiger partial charge is 0.119 e. The Balaban J connectivity index is 1.76. The van der Waals surface area contributed by atoms with E-state index in [1.807, 2.05) is 30.3 Å². The number of nitrogens with one attached hydrogen (secondary N) is 1. The molecule has 0 unspecified atom stereocenters. The van der Waals surface area contributed by atoms with Crippen LogP contribution in [-0.4, -0.2) is 31.9 Å². The lowest BCUT2D eigenvalue weighted by Gasteiger charge is -2.39. The van der Waals surface area contributed by atoms with Gasteiger partial charge < -0.3 is 14.8 Å². The average Bonchev–Trinajstić information content (AvgIpc) is 2.53. The highest BCUT2D eigenvalue weighted by atomic mass is 16.5. The number of rotatable bonds is 8. The minimum absolute atomic E-state index is 0.0164. The van der Waals surface area contributed by atoms with Crippen LogP contribution in [0.1, 0.15) is 39.5 Å². The minimum atomic E-state index is 0.0164. The molecule has 0 aliphatic heterocycles. The molecule has 1 N–H and O–H groups in total. The van der Waals surface area contributed by atoms with Gasteiger partial charge >= 0.3 is 0 Å². The first-order valence-corrected chi connectivity index (χ1v) is 8.27. The van der Waals surface area contributed by atoms with Crippen molar-refractivity contribution in [3.63, 3.8) is 0 Å². The Morgan fingerprint density at radius 3 is 2.52 bits per heavy atom. The molecule has 0 radical (unpaired) electrons. The van der Waals surface area contributed by atoms with Gasteiger partial charge in [0.05, 0.1) is 12.2 Å². The number of ether oxygens (including phenoxy) is 2. The van der Waals surface area contributed by atoms with Gasteiger partial charge in [0.1, 0.15) is 12.4 Å². The average molecular weight is 291 g/mol. The molecule has 1 saturated carbocycles. The molecule has 0 atom stereocenters. The van der Waals surface area contributed by atoms with E-state index in [-0.39, 0.29) is 5.60 Å². The van der Waals surface area contributed by atoms with Crippen molar-refractivity contribution >= 4 is 0 Å². The lowest BCUT2D eigenvalue weighted by Crippen LogP contribution is -2.46. The molecule has 1 aliphatic rings. The first-order valence-electron chi connectivity index (χ1n) is 8.27. The number of benzene rings is 1. The van der Waals surface area contributed by atoms with Crippen LogP contribution < -0.4 is 10.1 Å². The highest BCUT2D eigenvalue weighted by molar-refractivity contribution is 5.20. The highest BCUT2D eigenvalue weighted by Gasteiger charge is 2.34. The van der Waals surface area contributed by atoms with E-state index < -0.39 is 0 Å². The first kappa shape index (κ1) is 16.3. The second kappa shape index (κ2) is 8.40. The van der Waals surface area contributed by atoms with Gasteiger partial charge in [-0.25, -0.2) is 0 Å². The first-order chi connectivity index (χ1) is 10.2. The second-order valence-electron chi connectivity index (χ2n) is 6.16. The maximum Gasteiger partial charge on any atom is 0.119 e. The second-order valence-corrected chi connectivity index (χ2v) is 6.16. The molecule has 3 heteroatoms. The fourth-order valence-corrected chi connectivity index (χ4v) is 2.95. The zero-order chi connectivity index (χ0) is 15.0. The van der Waals surface area contributed by atoms with E-state index in [0.717, 1.165) is 37.6 Å². The van der Waals surface area contributed by atoms with Crippen LogP contribution in [0.4, 0.5) is 0 Å². The quantitative estimate of drug-likeness (QED) is 0.742. The van der Waals surface area contributed by atoms with Crippen LogP contribution in [0, 0.1) is 5.92 Å². The maximum atomic E-state index is 6.26. The number of likely N-dealkylation sites (N-methyl/N-ethyl adjacent to an activating group) is 1. The van der Waals surface area contributed by atoms with Crippen LogP contribution in [0.2, 0.25) is 0 Å². The third-order valence-electron chi connectivity index (χ3n) is 4.39. The van der Waals surface area contributed by atoms with Crippen molar-refractivity contribution in [2.24, 2.45) is 5.92 Å². The Morgan fingerprint density at radius 1 is 1.14 bits per heavy atom. The van der Waals surface area contributed by atoms with Gasteiger partial charge in [-0.1, -0.05) is 32.0 Å². The van der Waals surface area contributed by atoms with Gasteiger partial charge in [-0.2, -0.15) is 0 Å². The Bertz CT molecular complexity index is 380. The fourth-order valence-electron chi connectivity index (χ4n) is 2.95. The predicted molar refractivity (Wildman–Crippen MR) is 86.8 cm³/mol. The Labute approximate surface area is 129 Å². The topological polar surface area (TPSA) is 30.5 Å². The molecule has 2 rings (SSSR count). The fraction of sp³-hybridized carbons (Fsp3) is 0.667.